The number of rotatable bonds is 1. The van der Waals surface area contributed by atoms with E-state index in [4.69, 9.17) is 4.99 Å². The molecule has 0 atom stereocenters. The lowest BCUT2D eigenvalue weighted by molar-refractivity contribution is -0.506. The van der Waals surface area contributed by atoms with Crippen molar-refractivity contribution in [1.82, 2.24) is 4.48 Å². The molecule has 0 amide bonds. The van der Waals surface area contributed by atoms with Crippen LogP contribution in [-0.4, -0.2) is 12.0 Å². The predicted octanol–water partition coefficient (Wildman–Crippen LogP) is 4.82. The number of aromatic nitrogens is 2. The first kappa shape index (κ1) is 15.9. The highest BCUT2D eigenvalue weighted by molar-refractivity contribution is 6.29. The van der Waals surface area contributed by atoms with Crippen molar-refractivity contribution in [2.45, 2.75) is 0 Å². The van der Waals surface area contributed by atoms with Gasteiger partial charge in [-0.1, -0.05) is 66.7 Å². The van der Waals surface area contributed by atoms with Gasteiger partial charge in [0.2, 0.25) is 5.49 Å². The summed E-state index contributed by atoms with van der Waals surface area (Å²) < 4.78 is 4.43. The molecule has 0 spiro atoms. The molecule has 30 heavy (non-hydrogen) atoms. The maximum absolute atomic E-state index is 5.09. The van der Waals surface area contributed by atoms with Crippen molar-refractivity contribution in [1.29, 1.82) is 0 Å². The third-order valence-corrected chi connectivity index (χ3v) is 6.13. The zero-order chi connectivity index (χ0) is 19.7. The van der Waals surface area contributed by atoms with Crippen molar-refractivity contribution in [3.8, 4) is 11.3 Å². The van der Waals surface area contributed by atoms with Crippen LogP contribution in [0.5, 0.6) is 0 Å². The molecule has 0 aliphatic carbocycles. The molecular weight excluding hydrogens is 365 g/mol. The molecule has 1 aliphatic rings. The van der Waals surface area contributed by atoms with Crippen LogP contribution in [-0.2, 0) is 0 Å². The van der Waals surface area contributed by atoms with E-state index in [1.54, 1.807) is 0 Å². The van der Waals surface area contributed by atoms with E-state index in [1.165, 1.54) is 38.0 Å². The van der Waals surface area contributed by atoms with Crippen molar-refractivity contribution < 1.29 is 4.48 Å². The highest BCUT2D eigenvalue weighted by Crippen LogP contribution is 2.29. The molecule has 0 bridgehead atoms. The summed E-state index contributed by atoms with van der Waals surface area (Å²) >= 11 is 0. The standard InChI is InChI=1S/C26H16BN3/c1-2-11-19-17(7-1)8-3-12-20(19)22-14-6-16-24-28-26-21-13-4-9-18-10-5-15-23(25(18)21)30(26)27-29(22)24/h1-16H/q+1. The molecule has 0 N–H and O–H groups in total. The summed E-state index contributed by atoms with van der Waals surface area (Å²) in [6.07, 6.45) is 0. The Labute approximate surface area is 173 Å². The highest BCUT2D eigenvalue weighted by atomic mass is 15.2. The Hall–Kier alpha value is -3.92. The minimum Gasteiger partial charge on any atom is -0.307 e. The molecule has 4 aromatic carbocycles. The zero-order valence-corrected chi connectivity index (χ0v) is 16.2. The number of benzene rings is 4. The van der Waals surface area contributed by atoms with E-state index in [0.29, 0.717) is 0 Å². The molecule has 3 nitrogen and oxygen atoms in total. The average molecular weight is 381 g/mol. The van der Waals surface area contributed by atoms with Crippen LogP contribution >= 0.6 is 0 Å². The van der Waals surface area contributed by atoms with E-state index in [2.05, 4.69) is 114 Å². The fourth-order valence-electron chi connectivity index (χ4n) is 4.80. The number of hydrogen-bond donors (Lipinski definition) is 0. The molecule has 4 heteroatoms. The minimum atomic E-state index is 0.941. The highest BCUT2D eigenvalue weighted by Gasteiger charge is 2.29. The number of pyridine rings is 1. The monoisotopic (exact) mass is 381 g/mol. The average Bonchev–Trinajstić information content (AvgIpc) is 3.12. The van der Waals surface area contributed by atoms with Crippen LogP contribution in [0, 0.1) is 0 Å². The normalized spacial score (nSPS) is 12.5. The predicted molar refractivity (Wildman–Crippen MR) is 122 cm³/mol. The fraction of sp³-hybridized carbons (Fsp3) is 0. The van der Waals surface area contributed by atoms with E-state index >= 15 is 0 Å². The van der Waals surface area contributed by atoms with Crippen LogP contribution in [0.3, 0.4) is 0 Å². The first-order chi connectivity index (χ1) is 14.9. The second-order valence-corrected chi connectivity index (χ2v) is 7.77. The number of hydrogen-bond acceptors (Lipinski definition) is 1. The molecule has 1 aliphatic heterocycles. The maximum Gasteiger partial charge on any atom is 0.555 e. The van der Waals surface area contributed by atoms with Gasteiger partial charge in [-0.3, -0.25) is 4.48 Å². The van der Waals surface area contributed by atoms with Gasteiger partial charge < -0.3 is 4.48 Å². The van der Waals surface area contributed by atoms with Crippen molar-refractivity contribution in [3.05, 3.63) is 103 Å². The first-order valence-corrected chi connectivity index (χ1v) is 10.2. The van der Waals surface area contributed by atoms with Gasteiger partial charge in [-0.05, 0) is 45.4 Å². The summed E-state index contributed by atoms with van der Waals surface area (Å²) in [4.78, 5) is 5.09. The van der Waals surface area contributed by atoms with Crippen LogP contribution < -0.4 is 9.97 Å². The third kappa shape index (κ3) is 2.05. The van der Waals surface area contributed by atoms with Crippen LogP contribution in [0.15, 0.2) is 102 Å². The quantitative estimate of drug-likeness (QED) is 0.364. The Bertz CT molecular complexity index is 1670. The fourth-order valence-corrected chi connectivity index (χ4v) is 4.80. The molecule has 0 saturated carbocycles. The van der Waals surface area contributed by atoms with Gasteiger partial charge in [-0.2, -0.15) is 0 Å². The van der Waals surface area contributed by atoms with Crippen molar-refractivity contribution in [2.75, 3.05) is 0 Å². The van der Waals surface area contributed by atoms with E-state index in [1.807, 2.05) is 0 Å². The largest absolute Gasteiger partial charge is 0.555 e. The van der Waals surface area contributed by atoms with Gasteiger partial charge in [-0.25, -0.2) is 0 Å². The lowest BCUT2D eigenvalue weighted by Crippen LogP contribution is -2.52. The Balaban J connectivity index is 1.55. The number of fused-ring (bicyclic) bond motifs is 5. The molecule has 137 valence electrons. The van der Waals surface area contributed by atoms with Gasteiger partial charge in [-0.15, -0.1) is 0 Å². The van der Waals surface area contributed by atoms with E-state index in [-0.39, 0.29) is 0 Å². The summed E-state index contributed by atoms with van der Waals surface area (Å²) in [5, 5.41) is 6.21. The van der Waals surface area contributed by atoms with Gasteiger partial charge in [0.15, 0.2) is 0 Å². The van der Waals surface area contributed by atoms with Gasteiger partial charge in [0.05, 0.1) is 5.39 Å². The Morgan fingerprint density at radius 1 is 0.667 bits per heavy atom. The Kier molecular flexibility index (Phi) is 3.08. The SMILES string of the molecule is [B]1n2c(c3cccc4cccc2c43)=Nc2cccc(-c3cccc4ccccc34)[n+]21. The van der Waals surface area contributed by atoms with E-state index in [0.717, 1.165) is 17.0 Å². The summed E-state index contributed by atoms with van der Waals surface area (Å²) in [5.41, 5.74) is 4.53. The second-order valence-electron chi connectivity index (χ2n) is 7.77. The van der Waals surface area contributed by atoms with Crippen LogP contribution in [0.4, 0.5) is 5.82 Å². The molecule has 0 fully saturated rings. The third-order valence-electron chi connectivity index (χ3n) is 6.13. The molecule has 1 radical (unpaired) electrons. The smallest absolute Gasteiger partial charge is 0.307 e. The summed E-state index contributed by atoms with van der Waals surface area (Å²) in [6, 6.07) is 34.3. The van der Waals surface area contributed by atoms with Crippen LogP contribution in [0.25, 0.3) is 43.7 Å². The van der Waals surface area contributed by atoms with Crippen molar-refractivity contribution in [2.24, 2.45) is 4.99 Å². The van der Waals surface area contributed by atoms with Crippen LogP contribution in [0.2, 0.25) is 0 Å². The molecule has 0 unspecified atom stereocenters. The topological polar surface area (TPSA) is 21.2 Å². The minimum absolute atomic E-state index is 0.941. The van der Waals surface area contributed by atoms with Gasteiger partial charge in [0.25, 0.3) is 0 Å². The molecule has 3 heterocycles. The van der Waals surface area contributed by atoms with Gasteiger partial charge >= 0.3 is 13.4 Å². The second kappa shape index (κ2) is 5.80. The Morgan fingerprint density at radius 2 is 1.40 bits per heavy atom. The maximum atomic E-state index is 5.09. The summed E-state index contributed by atoms with van der Waals surface area (Å²) in [6.45, 7) is 0. The molecule has 6 aromatic rings. The molecule has 2 aromatic heterocycles. The van der Waals surface area contributed by atoms with Crippen molar-refractivity contribution in [3.63, 3.8) is 0 Å². The van der Waals surface area contributed by atoms with E-state index in [9.17, 15) is 0 Å². The first-order valence-electron chi connectivity index (χ1n) is 10.2. The molecule has 0 saturated heterocycles. The van der Waals surface area contributed by atoms with Gasteiger partial charge in [0.1, 0.15) is 5.69 Å². The lowest BCUT2D eigenvalue weighted by atomic mass is 9.98. The number of nitrogens with zero attached hydrogens (tertiary/aromatic N) is 3. The van der Waals surface area contributed by atoms with Crippen LogP contribution in [0.1, 0.15) is 0 Å². The lowest BCUT2D eigenvalue weighted by Gasteiger charge is -2.13. The summed E-state index contributed by atoms with van der Waals surface area (Å²) in [5.74, 6) is 0.941. The Morgan fingerprint density at radius 3 is 2.37 bits per heavy atom. The molecular formula is C26H16BN3+. The van der Waals surface area contributed by atoms with Crippen molar-refractivity contribution >= 4 is 45.8 Å². The molecule has 7 rings (SSSR count). The van der Waals surface area contributed by atoms with Gasteiger partial charge in [0, 0.05) is 22.5 Å². The summed E-state index contributed by atoms with van der Waals surface area (Å²) in [7, 11) is 2.18. The zero-order valence-electron chi connectivity index (χ0n) is 16.2. The van der Waals surface area contributed by atoms with E-state index < -0.39 is 0 Å².